The molecule has 1 aliphatic rings. The van der Waals surface area contributed by atoms with Crippen LogP contribution in [0.5, 0.6) is 5.75 Å². The monoisotopic (exact) mass is 347 g/mol. The molecule has 1 unspecified atom stereocenters. The van der Waals surface area contributed by atoms with Crippen molar-refractivity contribution in [2.45, 2.75) is 24.3 Å². The maximum Gasteiger partial charge on any atom is 0.264 e. The van der Waals surface area contributed by atoms with E-state index >= 15 is 0 Å². The summed E-state index contributed by atoms with van der Waals surface area (Å²) in [4.78, 5) is 0.265. The smallest absolute Gasteiger partial charge is 0.264 e. The number of ether oxygens (including phenoxy) is 2. The number of para-hydroxylation sites is 1. The van der Waals surface area contributed by atoms with E-state index in [1.54, 1.807) is 37.4 Å². The van der Waals surface area contributed by atoms with Crippen LogP contribution in [0, 0.1) is 0 Å². The van der Waals surface area contributed by atoms with E-state index in [-0.39, 0.29) is 11.0 Å². The molecule has 3 rings (SSSR count). The number of epoxide rings is 1. The summed E-state index contributed by atoms with van der Waals surface area (Å²) in [6, 6.07) is 14.0. The number of sulfonamides is 1. The van der Waals surface area contributed by atoms with Crippen LogP contribution < -0.4 is 9.04 Å². The van der Waals surface area contributed by atoms with Gasteiger partial charge < -0.3 is 9.47 Å². The maximum absolute atomic E-state index is 12.9. The number of nitrogens with zero attached hydrogens (tertiary/aromatic N) is 1. The molecule has 6 heteroatoms. The first kappa shape index (κ1) is 16.8. The van der Waals surface area contributed by atoms with Crippen LogP contribution in [0.25, 0.3) is 0 Å². The second-order valence-corrected chi connectivity index (χ2v) is 7.67. The predicted molar refractivity (Wildman–Crippen MR) is 93.1 cm³/mol. The first-order valence-electron chi connectivity index (χ1n) is 7.93. The molecule has 0 amide bonds. The van der Waals surface area contributed by atoms with Gasteiger partial charge in [0.1, 0.15) is 18.5 Å². The Hall–Kier alpha value is -2.05. The number of anilines is 1. The van der Waals surface area contributed by atoms with E-state index < -0.39 is 10.0 Å². The van der Waals surface area contributed by atoms with Gasteiger partial charge in [-0.05, 0) is 42.3 Å². The molecule has 1 saturated heterocycles. The normalized spacial score (nSPS) is 16.7. The van der Waals surface area contributed by atoms with Gasteiger partial charge in [-0.25, -0.2) is 8.42 Å². The molecule has 0 aromatic heterocycles. The van der Waals surface area contributed by atoms with Crippen molar-refractivity contribution in [2.75, 3.05) is 24.6 Å². The van der Waals surface area contributed by atoms with Crippen molar-refractivity contribution in [3.05, 3.63) is 54.1 Å². The van der Waals surface area contributed by atoms with Crippen LogP contribution in [0.2, 0.25) is 0 Å². The lowest BCUT2D eigenvalue weighted by atomic mass is 10.1. The van der Waals surface area contributed by atoms with Crippen LogP contribution in [-0.4, -0.2) is 34.8 Å². The zero-order chi connectivity index (χ0) is 17.2. The van der Waals surface area contributed by atoms with Crippen LogP contribution in [0.1, 0.15) is 12.5 Å². The van der Waals surface area contributed by atoms with Crippen molar-refractivity contribution >= 4 is 15.7 Å². The van der Waals surface area contributed by atoms with Crippen molar-refractivity contribution in [3.63, 3.8) is 0 Å². The van der Waals surface area contributed by atoms with E-state index in [1.165, 1.54) is 4.31 Å². The minimum absolute atomic E-state index is 0.169. The molecule has 1 heterocycles. The van der Waals surface area contributed by atoms with Gasteiger partial charge in [0.15, 0.2) is 0 Å². The van der Waals surface area contributed by atoms with Crippen molar-refractivity contribution in [3.8, 4) is 5.75 Å². The average Bonchev–Trinajstić information content (AvgIpc) is 3.44. The highest BCUT2D eigenvalue weighted by atomic mass is 32.2. The fraction of sp³-hybridized carbons (Fsp3) is 0.333. The number of hydrogen-bond acceptors (Lipinski definition) is 4. The van der Waals surface area contributed by atoms with E-state index in [2.05, 4.69) is 0 Å². The SMILES string of the molecule is CCc1cc(S(=O)(=O)N(C)c2ccccc2)ccc1OCC1CO1. The minimum Gasteiger partial charge on any atom is -0.491 e. The van der Waals surface area contributed by atoms with Gasteiger partial charge >= 0.3 is 0 Å². The number of rotatable bonds is 7. The average molecular weight is 347 g/mol. The van der Waals surface area contributed by atoms with Gasteiger partial charge in [-0.15, -0.1) is 0 Å². The van der Waals surface area contributed by atoms with Gasteiger partial charge in [0.25, 0.3) is 10.0 Å². The Labute approximate surface area is 142 Å². The third-order valence-electron chi connectivity index (χ3n) is 4.02. The van der Waals surface area contributed by atoms with Crippen LogP contribution in [0.15, 0.2) is 53.4 Å². The van der Waals surface area contributed by atoms with Gasteiger partial charge in [-0.2, -0.15) is 0 Å². The first-order chi connectivity index (χ1) is 11.5. The standard InChI is InChI=1S/C18H21NO4S/c1-3-14-11-17(9-10-18(14)23-13-16-12-22-16)24(20,21)19(2)15-7-5-4-6-8-15/h4-11,16H,3,12-13H2,1-2H3. The quantitative estimate of drug-likeness (QED) is 0.723. The Morgan fingerprint density at radius 2 is 1.92 bits per heavy atom. The summed E-state index contributed by atoms with van der Waals surface area (Å²) in [7, 11) is -2.05. The summed E-state index contributed by atoms with van der Waals surface area (Å²) in [6.07, 6.45) is 0.863. The van der Waals surface area contributed by atoms with Gasteiger partial charge in [-0.3, -0.25) is 4.31 Å². The van der Waals surface area contributed by atoms with Crippen LogP contribution in [-0.2, 0) is 21.2 Å². The molecule has 128 valence electrons. The molecule has 1 atom stereocenters. The van der Waals surface area contributed by atoms with E-state index in [1.807, 2.05) is 25.1 Å². The highest BCUT2D eigenvalue weighted by molar-refractivity contribution is 7.92. The molecule has 2 aromatic carbocycles. The molecule has 2 aromatic rings. The van der Waals surface area contributed by atoms with Crippen molar-refractivity contribution < 1.29 is 17.9 Å². The van der Waals surface area contributed by atoms with Crippen LogP contribution >= 0.6 is 0 Å². The zero-order valence-electron chi connectivity index (χ0n) is 13.8. The number of hydrogen-bond donors (Lipinski definition) is 0. The molecule has 0 N–H and O–H groups in total. The number of aryl methyl sites for hydroxylation is 1. The Kier molecular flexibility index (Phi) is 4.78. The molecule has 0 spiro atoms. The summed E-state index contributed by atoms with van der Waals surface area (Å²) in [6.45, 7) is 3.21. The van der Waals surface area contributed by atoms with Gasteiger partial charge in [0.05, 0.1) is 17.2 Å². The fourth-order valence-electron chi connectivity index (χ4n) is 2.42. The van der Waals surface area contributed by atoms with Crippen LogP contribution in [0.3, 0.4) is 0 Å². The molecule has 0 aliphatic carbocycles. The molecule has 0 bridgehead atoms. The molecule has 0 radical (unpaired) electrons. The number of benzene rings is 2. The minimum atomic E-state index is -3.61. The molecule has 5 nitrogen and oxygen atoms in total. The summed E-state index contributed by atoms with van der Waals surface area (Å²) < 4.78 is 37.9. The molecule has 24 heavy (non-hydrogen) atoms. The predicted octanol–water partition coefficient (Wildman–Crippen LogP) is 2.85. The third kappa shape index (κ3) is 3.55. The lowest BCUT2D eigenvalue weighted by Crippen LogP contribution is -2.26. The first-order valence-corrected chi connectivity index (χ1v) is 9.37. The second-order valence-electron chi connectivity index (χ2n) is 5.70. The summed E-state index contributed by atoms with van der Waals surface area (Å²) in [5, 5.41) is 0. The van der Waals surface area contributed by atoms with Gasteiger partial charge in [-0.1, -0.05) is 25.1 Å². The second kappa shape index (κ2) is 6.83. The van der Waals surface area contributed by atoms with Crippen molar-refractivity contribution in [2.24, 2.45) is 0 Å². The molecular weight excluding hydrogens is 326 g/mol. The topological polar surface area (TPSA) is 59.1 Å². The molecule has 1 fully saturated rings. The Morgan fingerprint density at radius 1 is 1.21 bits per heavy atom. The Morgan fingerprint density at radius 3 is 2.54 bits per heavy atom. The largest absolute Gasteiger partial charge is 0.491 e. The van der Waals surface area contributed by atoms with Crippen LogP contribution in [0.4, 0.5) is 5.69 Å². The lowest BCUT2D eigenvalue weighted by Gasteiger charge is -2.20. The lowest BCUT2D eigenvalue weighted by molar-refractivity contribution is 0.261. The van der Waals surface area contributed by atoms with Crippen molar-refractivity contribution in [1.82, 2.24) is 0 Å². The third-order valence-corrected chi connectivity index (χ3v) is 5.80. The highest BCUT2D eigenvalue weighted by Crippen LogP contribution is 2.27. The van der Waals surface area contributed by atoms with Gasteiger partial charge in [0.2, 0.25) is 0 Å². The Balaban J connectivity index is 1.87. The summed E-state index contributed by atoms with van der Waals surface area (Å²) >= 11 is 0. The molecule has 0 saturated carbocycles. The molecule has 1 aliphatic heterocycles. The fourth-order valence-corrected chi connectivity index (χ4v) is 3.66. The van der Waals surface area contributed by atoms with E-state index in [4.69, 9.17) is 9.47 Å². The summed E-state index contributed by atoms with van der Waals surface area (Å²) in [5.74, 6) is 0.717. The maximum atomic E-state index is 12.9. The Bertz CT molecular complexity index is 801. The van der Waals surface area contributed by atoms with E-state index in [9.17, 15) is 8.42 Å². The summed E-state index contributed by atoms with van der Waals surface area (Å²) in [5.41, 5.74) is 1.50. The zero-order valence-corrected chi connectivity index (χ0v) is 14.6. The highest BCUT2D eigenvalue weighted by Gasteiger charge is 2.25. The van der Waals surface area contributed by atoms with Crippen molar-refractivity contribution in [1.29, 1.82) is 0 Å². The van der Waals surface area contributed by atoms with E-state index in [0.29, 0.717) is 24.5 Å². The van der Waals surface area contributed by atoms with E-state index in [0.717, 1.165) is 12.2 Å². The van der Waals surface area contributed by atoms with Gasteiger partial charge in [0, 0.05) is 7.05 Å². The molecular formula is C18H21NO4S.